The molecular formula is C20H23NO5. The van der Waals surface area contributed by atoms with Crippen molar-refractivity contribution in [3.63, 3.8) is 0 Å². The Hall–Kier alpha value is -3.02. The molecular weight excluding hydrogens is 334 g/mol. The highest BCUT2D eigenvalue weighted by Gasteiger charge is 2.15. The van der Waals surface area contributed by atoms with E-state index in [0.717, 1.165) is 5.56 Å². The molecule has 0 aliphatic rings. The number of benzene rings is 2. The first-order valence-electron chi connectivity index (χ1n) is 8.18. The number of hydrogen-bond donors (Lipinski definition) is 1. The van der Waals surface area contributed by atoms with Gasteiger partial charge in [-0.2, -0.15) is 0 Å². The third-order valence-corrected chi connectivity index (χ3v) is 3.97. The number of Topliss-reactive ketones (excluding diaryl/α,β-unsaturated/α-hetero) is 1. The van der Waals surface area contributed by atoms with Crippen LogP contribution in [-0.2, 0) is 4.79 Å². The molecule has 1 amide bonds. The summed E-state index contributed by atoms with van der Waals surface area (Å²) in [5.41, 5.74) is 2.06. The molecule has 0 fully saturated rings. The highest BCUT2D eigenvalue weighted by Crippen LogP contribution is 2.39. The van der Waals surface area contributed by atoms with Gasteiger partial charge >= 0.3 is 0 Å². The summed E-state index contributed by atoms with van der Waals surface area (Å²) in [6, 6.07) is 10.6. The zero-order valence-corrected chi connectivity index (χ0v) is 15.4. The fourth-order valence-corrected chi connectivity index (χ4v) is 2.62. The van der Waals surface area contributed by atoms with Gasteiger partial charge in [-0.3, -0.25) is 9.59 Å². The Morgan fingerprint density at radius 3 is 2.08 bits per heavy atom. The van der Waals surface area contributed by atoms with Crippen molar-refractivity contribution in [2.45, 2.75) is 19.8 Å². The van der Waals surface area contributed by atoms with Crippen LogP contribution in [0.5, 0.6) is 17.2 Å². The van der Waals surface area contributed by atoms with Crippen molar-refractivity contribution < 1.29 is 23.8 Å². The molecule has 6 nitrogen and oxygen atoms in total. The van der Waals surface area contributed by atoms with E-state index in [1.807, 2.05) is 25.1 Å². The Bertz CT molecular complexity index is 776. The molecule has 0 spiro atoms. The lowest BCUT2D eigenvalue weighted by atomic mass is 10.0. The molecule has 0 saturated heterocycles. The zero-order chi connectivity index (χ0) is 19.1. The van der Waals surface area contributed by atoms with E-state index in [1.165, 1.54) is 21.3 Å². The molecule has 0 aliphatic heterocycles. The summed E-state index contributed by atoms with van der Waals surface area (Å²) in [5.74, 6) is 1.02. The number of amides is 1. The highest BCUT2D eigenvalue weighted by molar-refractivity contribution is 6.01. The molecule has 0 aromatic heterocycles. The van der Waals surface area contributed by atoms with E-state index >= 15 is 0 Å². The Balaban J connectivity index is 2.04. The van der Waals surface area contributed by atoms with E-state index in [-0.39, 0.29) is 24.5 Å². The minimum absolute atomic E-state index is 0.0526. The lowest BCUT2D eigenvalue weighted by Crippen LogP contribution is -2.14. The van der Waals surface area contributed by atoms with Gasteiger partial charge in [-0.15, -0.1) is 0 Å². The summed E-state index contributed by atoms with van der Waals surface area (Å²) in [6.45, 7) is 1.88. The number of anilines is 1. The van der Waals surface area contributed by atoms with Crippen molar-refractivity contribution in [3.05, 3.63) is 47.5 Å². The number of aryl methyl sites for hydroxylation is 1. The van der Waals surface area contributed by atoms with E-state index in [2.05, 4.69) is 5.32 Å². The highest BCUT2D eigenvalue weighted by atomic mass is 16.5. The quantitative estimate of drug-likeness (QED) is 0.731. The van der Waals surface area contributed by atoms with E-state index in [0.29, 0.717) is 28.5 Å². The monoisotopic (exact) mass is 357 g/mol. The molecule has 0 aliphatic carbocycles. The van der Waals surface area contributed by atoms with Crippen LogP contribution in [0.25, 0.3) is 0 Å². The molecule has 6 heteroatoms. The van der Waals surface area contributed by atoms with Crippen LogP contribution >= 0.6 is 0 Å². The fourth-order valence-electron chi connectivity index (χ4n) is 2.62. The smallest absolute Gasteiger partial charge is 0.224 e. The van der Waals surface area contributed by atoms with Crippen LogP contribution in [0.4, 0.5) is 5.69 Å². The minimum atomic E-state index is -0.263. The molecule has 1 N–H and O–H groups in total. The second-order valence-corrected chi connectivity index (χ2v) is 5.70. The van der Waals surface area contributed by atoms with Crippen molar-refractivity contribution >= 4 is 17.4 Å². The predicted octanol–water partition coefficient (Wildman–Crippen LogP) is 3.62. The van der Waals surface area contributed by atoms with Crippen LogP contribution in [0.2, 0.25) is 0 Å². The van der Waals surface area contributed by atoms with E-state index in [1.54, 1.807) is 18.2 Å². The summed E-state index contributed by atoms with van der Waals surface area (Å²) in [6.07, 6.45) is 0.227. The summed E-state index contributed by atoms with van der Waals surface area (Å²) in [7, 11) is 4.52. The first-order valence-corrected chi connectivity index (χ1v) is 8.18. The number of hydrogen-bond acceptors (Lipinski definition) is 5. The summed E-state index contributed by atoms with van der Waals surface area (Å²) in [5, 5.41) is 2.76. The van der Waals surface area contributed by atoms with Gasteiger partial charge in [0.1, 0.15) is 0 Å². The van der Waals surface area contributed by atoms with Crippen LogP contribution in [0, 0.1) is 6.92 Å². The molecule has 26 heavy (non-hydrogen) atoms. The number of ketones is 1. The molecule has 2 aromatic carbocycles. The molecule has 0 atom stereocenters. The van der Waals surface area contributed by atoms with Crippen LogP contribution in [0.1, 0.15) is 28.8 Å². The Labute approximate surface area is 153 Å². The van der Waals surface area contributed by atoms with Gasteiger partial charge in [0.2, 0.25) is 11.7 Å². The van der Waals surface area contributed by atoms with Crippen LogP contribution in [0.3, 0.4) is 0 Å². The summed E-state index contributed by atoms with van der Waals surface area (Å²) < 4.78 is 15.8. The molecule has 138 valence electrons. The van der Waals surface area contributed by atoms with Gasteiger partial charge in [0.15, 0.2) is 17.3 Å². The zero-order valence-electron chi connectivity index (χ0n) is 15.4. The molecule has 2 rings (SSSR count). The van der Waals surface area contributed by atoms with Crippen molar-refractivity contribution in [2.75, 3.05) is 26.6 Å². The summed E-state index contributed by atoms with van der Waals surface area (Å²) >= 11 is 0. The maximum atomic E-state index is 12.3. The van der Waals surface area contributed by atoms with E-state index < -0.39 is 0 Å². The Morgan fingerprint density at radius 2 is 1.54 bits per heavy atom. The molecule has 0 radical (unpaired) electrons. The van der Waals surface area contributed by atoms with Gasteiger partial charge < -0.3 is 19.5 Å². The number of carbonyl (C=O) groups excluding carboxylic acids is 2. The molecule has 0 bridgehead atoms. The first-order chi connectivity index (χ1) is 12.5. The van der Waals surface area contributed by atoms with Crippen molar-refractivity contribution in [3.8, 4) is 17.2 Å². The number of rotatable bonds is 8. The maximum Gasteiger partial charge on any atom is 0.224 e. The van der Waals surface area contributed by atoms with Gasteiger partial charge in [-0.1, -0.05) is 24.3 Å². The van der Waals surface area contributed by atoms with Gasteiger partial charge in [-0.25, -0.2) is 0 Å². The number of carbonyl (C=O) groups is 2. The second kappa shape index (κ2) is 8.89. The fraction of sp³-hybridized carbons (Fsp3) is 0.300. The second-order valence-electron chi connectivity index (χ2n) is 5.70. The standard InChI is InChI=1S/C20H23NO5/c1-13-7-5-6-8-15(13)16(22)9-10-19(23)21-14-11-17(24-2)20(26-4)18(12-14)25-3/h5-8,11-12H,9-10H2,1-4H3,(H,21,23). The SMILES string of the molecule is COc1cc(NC(=O)CCC(=O)c2ccccc2C)cc(OC)c1OC. The van der Waals surface area contributed by atoms with Gasteiger partial charge in [0, 0.05) is 36.2 Å². The molecule has 0 saturated carbocycles. The third-order valence-electron chi connectivity index (χ3n) is 3.97. The number of ether oxygens (including phenoxy) is 3. The third kappa shape index (κ3) is 4.53. The molecule has 2 aromatic rings. The minimum Gasteiger partial charge on any atom is -0.493 e. The van der Waals surface area contributed by atoms with Crippen LogP contribution in [0.15, 0.2) is 36.4 Å². The Morgan fingerprint density at radius 1 is 0.923 bits per heavy atom. The average molecular weight is 357 g/mol. The van der Waals surface area contributed by atoms with Gasteiger partial charge in [0.25, 0.3) is 0 Å². The maximum absolute atomic E-state index is 12.3. The Kier molecular flexibility index (Phi) is 6.60. The normalized spacial score (nSPS) is 10.2. The topological polar surface area (TPSA) is 73.9 Å². The lowest BCUT2D eigenvalue weighted by Gasteiger charge is -2.14. The first kappa shape index (κ1) is 19.3. The van der Waals surface area contributed by atoms with Crippen LogP contribution in [-0.4, -0.2) is 33.0 Å². The average Bonchev–Trinajstić information content (AvgIpc) is 2.65. The summed E-state index contributed by atoms with van der Waals surface area (Å²) in [4.78, 5) is 24.5. The van der Waals surface area contributed by atoms with E-state index in [4.69, 9.17) is 14.2 Å². The van der Waals surface area contributed by atoms with Crippen molar-refractivity contribution in [1.82, 2.24) is 0 Å². The van der Waals surface area contributed by atoms with E-state index in [9.17, 15) is 9.59 Å². The van der Waals surface area contributed by atoms with Crippen molar-refractivity contribution in [1.29, 1.82) is 0 Å². The van der Waals surface area contributed by atoms with Gasteiger partial charge in [0.05, 0.1) is 21.3 Å². The lowest BCUT2D eigenvalue weighted by molar-refractivity contribution is -0.116. The predicted molar refractivity (Wildman–Crippen MR) is 99.5 cm³/mol. The van der Waals surface area contributed by atoms with Crippen LogP contribution < -0.4 is 19.5 Å². The number of methoxy groups -OCH3 is 3. The molecule has 0 heterocycles. The largest absolute Gasteiger partial charge is 0.493 e. The number of nitrogens with one attached hydrogen (secondary N) is 1. The van der Waals surface area contributed by atoms with Crippen molar-refractivity contribution in [2.24, 2.45) is 0 Å². The molecule has 0 unspecified atom stereocenters. The van der Waals surface area contributed by atoms with Gasteiger partial charge in [-0.05, 0) is 12.5 Å².